The summed E-state index contributed by atoms with van der Waals surface area (Å²) in [5.41, 5.74) is 0.973. The molecule has 8 nitrogen and oxygen atoms in total. The molecule has 0 saturated carbocycles. The Bertz CT molecular complexity index is 980. The van der Waals surface area contributed by atoms with E-state index >= 15 is 0 Å². The van der Waals surface area contributed by atoms with E-state index in [0.29, 0.717) is 30.1 Å². The lowest BCUT2D eigenvalue weighted by Crippen LogP contribution is -2.50. The number of rotatable bonds is 3. The second kappa shape index (κ2) is 6.95. The molecule has 2 aliphatic rings. The van der Waals surface area contributed by atoms with Crippen LogP contribution in [0.25, 0.3) is 0 Å². The molecule has 4 rings (SSSR count). The van der Waals surface area contributed by atoms with Crippen LogP contribution in [0.2, 0.25) is 0 Å². The molecule has 1 fully saturated rings. The van der Waals surface area contributed by atoms with Gasteiger partial charge in [-0.2, -0.15) is 15.6 Å². The minimum atomic E-state index is -3.73. The first-order valence-electron chi connectivity index (χ1n) is 8.33. The lowest BCUT2D eigenvalue weighted by Gasteiger charge is -2.34. The van der Waals surface area contributed by atoms with Crippen molar-refractivity contribution in [3.63, 3.8) is 0 Å². The number of sulfonamides is 1. The highest BCUT2D eigenvalue weighted by molar-refractivity contribution is 7.89. The van der Waals surface area contributed by atoms with Gasteiger partial charge in [0, 0.05) is 31.6 Å². The van der Waals surface area contributed by atoms with Crippen molar-refractivity contribution in [2.45, 2.75) is 4.90 Å². The highest BCUT2D eigenvalue weighted by Gasteiger charge is 2.31. The number of fused-ring (bicyclic) bond motifs is 1. The highest BCUT2D eigenvalue weighted by Crippen LogP contribution is 2.31. The predicted octanol–water partition coefficient (Wildman–Crippen LogP) is 1.23. The summed E-state index contributed by atoms with van der Waals surface area (Å²) in [6.45, 7) is 1.02. The van der Waals surface area contributed by atoms with Crippen molar-refractivity contribution in [1.29, 1.82) is 0 Å². The van der Waals surface area contributed by atoms with Crippen LogP contribution >= 0.6 is 11.3 Å². The Morgan fingerprint density at radius 2 is 1.93 bits per heavy atom. The molecule has 142 valence electrons. The fourth-order valence-corrected chi connectivity index (χ4v) is 5.15. The summed E-state index contributed by atoms with van der Waals surface area (Å²) in [4.78, 5) is 25.6. The smallest absolute Gasteiger partial charge is 0.262 e. The van der Waals surface area contributed by atoms with Crippen LogP contribution in [0.5, 0.6) is 5.75 Å². The summed E-state index contributed by atoms with van der Waals surface area (Å²) in [7, 11) is -3.73. The molecule has 3 heterocycles. The number of carbonyl (C=O) groups excluding carboxylic acids is 2. The number of thiophene rings is 1. The van der Waals surface area contributed by atoms with Gasteiger partial charge in [-0.3, -0.25) is 9.59 Å². The van der Waals surface area contributed by atoms with Crippen LogP contribution in [0.4, 0.5) is 5.69 Å². The SMILES string of the molecule is O=C1COc2ccc(S(=O)(=O)N3CCN(C(=O)c4ccsc4)CC3)cc2N1. The Morgan fingerprint density at radius 1 is 1.15 bits per heavy atom. The quantitative estimate of drug-likeness (QED) is 0.826. The van der Waals surface area contributed by atoms with E-state index in [1.165, 1.54) is 33.8 Å². The van der Waals surface area contributed by atoms with Crippen LogP contribution in [0, 0.1) is 0 Å². The Balaban J connectivity index is 1.48. The monoisotopic (exact) mass is 407 g/mol. The van der Waals surface area contributed by atoms with Crippen molar-refractivity contribution in [1.82, 2.24) is 9.21 Å². The van der Waals surface area contributed by atoms with E-state index in [2.05, 4.69) is 5.32 Å². The molecule has 0 atom stereocenters. The molecule has 2 amide bonds. The fraction of sp³-hybridized carbons (Fsp3) is 0.294. The van der Waals surface area contributed by atoms with E-state index < -0.39 is 10.0 Å². The number of nitrogens with zero attached hydrogens (tertiary/aromatic N) is 2. The summed E-state index contributed by atoms with van der Waals surface area (Å²) in [6, 6.07) is 6.18. The predicted molar refractivity (Wildman–Crippen MR) is 99.5 cm³/mol. The molecule has 2 aliphatic heterocycles. The fourth-order valence-electron chi connectivity index (χ4n) is 3.07. The van der Waals surface area contributed by atoms with Crippen LogP contribution < -0.4 is 10.1 Å². The molecule has 1 N–H and O–H groups in total. The van der Waals surface area contributed by atoms with E-state index in [-0.39, 0.29) is 36.4 Å². The van der Waals surface area contributed by atoms with Gasteiger partial charge in [0.05, 0.1) is 16.1 Å². The van der Waals surface area contributed by atoms with Gasteiger partial charge in [0.25, 0.3) is 11.8 Å². The Hall–Kier alpha value is -2.43. The van der Waals surface area contributed by atoms with Crippen LogP contribution in [0.15, 0.2) is 39.9 Å². The molecule has 0 radical (unpaired) electrons. The zero-order valence-corrected chi connectivity index (χ0v) is 15.9. The van der Waals surface area contributed by atoms with Gasteiger partial charge in [-0.25, -0.2) is 8.42 Å². The molecule has 0 bridgehead atoms. The minimum Gasteiger partial charge on any atom is -0.482 e. The minimum absolute atomic E-state index is 0.0815. The summed E-state index contributed by atoms with van der Waals surface area (Å²) in [5, 5.41) is 6.24. The molecule has 1 saturated heterocycles. The molecule has 1 aromatic carbocycles. The van der Waals surface area contributed by atoms with Gasteiger partial charge < -0.3 is 15.0 Å². The Labute approximate surface area is 160 Å². The number of hydrogen-bond acceptors (Lipinski definition) is 6. The second-order valence-corrected chi connectivity index (χ2v) is 8.92. The molecule has 1 aromatic heterocycles. The lowest BCUT2D eigenvalue weighted by molar-refractivity contribution is -0.118. The maximum atomic E-state index is 12.9. The van der Waals surface area contributed by atoms with E-state index in [4.69, 9.17) is 4.74 Å². The van der Waals surface area contributed by atoms with Gasteiger partial charge in [-0.1, -0.05) is 0 Å². The number of amides is 2. The summed E-state index contributed by atoms with van der Waals surface area (Å²) < 4.78 is 32.5. The van der Waals surface area contributed by atoms with Crippen LogP contribution in [0.1, 0.15) is 10.4 Å². The van der Waals surface area contributed by atoms with Crippen molar-refractivity contribution in [3.8, 4) is 5.75 Å². The first-order valence-corrected chi connectivity index (χ1v) is 10.7. The van der Waals surface area contributed by atoms with E-state index in [9.17, 15) is 18.0 Å². The first kappa shape index (κ1) is 18.0. The number of anilines is 1. The third kappa shape index (κ3) is 3.43. The number of piperazine rings is 1. The molecule has 0 unspecified atom stereocenters. The molecule has 27 heavy (non-hydrogen) atoms. The van der Waals surface area contributed by atoms with E-state index in [1.807, 2.05) is 5.38 Å². The van der Waals surface area contributed by atoms with Crippen molar-refractivity contribution >= 4 is 38.9 Å². The van der Waals surface area contributed by atoms with Gasteiger partial charge in [-0.15, -0.1) is 0 Å². The van der Waals surface area contributed by atoms with E-state index in [1.54, 1.807) is 16.3 Å². The van der Waals surface area contributed by atoms with Gasteiger partial charge in [-0.05, 0) is 29.6 Å². The van der Waals surface area contributed by atoms with Crippen LogP contribution in [-0.2, 0) is 14.8 Å². The summed E-state index contributed by atoms with van der Waals surface area (Å²) in [5.74, 6) is 0.0410. The van der Waals surface area contributed by atoms with Gasteiger partial charge >= 0.3 is 0 Å². The van der Waals surface area contributed by atoms with Gasteiger partial charge in [0.2, 0.25) is 10.0 Å². The molecular weight excluding hydrogens is 390 g/mol. The molecule has 0 aliphatic carbocycles. The number of hydrogen-bond donors (Lipinski definition) is 1. The van der Waals surface area contributed by atoms with E-state index in [0.717, 1.165) is 0 Å². The number of nitrogens with one attached hydrogen (secondary N) is 1. The van der Waals surface area contributed by atoms with Crippen LogP contribution in [-0.4, -0.2) is 62.2 Å². The number of benzene rings is 1. The summed E-state index contributed by atoms with van der Waals surface area (Å²) in [6.07, 6.45) is 0. The summed E-state index contributed by atoms with van der Waals surface area (Å²) >= 11 is 1.45. The third-order valence-electron chi connectivity index (χ3n) is 4.52. The zero-order valence-electron chi connectivity index (χ0n) is 14.3. The van der Waals surface area contributed by atoms with Gasteiger partial charge in [0.15, 0.2) is 6.61 Å². The Morgan fingerprint density at radius 3 is 2.63 bits per heavy atom. The van der Waals surface area contributed by atoms with Crippen molar-refractivity contribution in [2.75, 3.05) is 38.1 Å². The van der Waals surface area contributed by atoms with Crippen LogP contribution in [0.3, 0.4) is 0 Å². The molecular formula is C17H17N3O5S2. The largest absolute Gasteiger partial charge is 0.482 e. The number of ether oxygens (including phenoxy) is 1. The average Bonchev–Trinajstić information content (AvgIpc) is 3.21. The third-order valence-corrected chi connectivity index (χ3v) is 7.09. The maximum Gasteiger partial charge on any atom is 0.262 e. The van der Waals surface area contributed by atoms with Gasteiger partial charge in [0.1, 0.15) is 5.75 Å². The molecule has 0 spiro atoms. The average molecular weight is 407 g/mol. The normalized spacial score (nSPS) is 17.8. The maximum absolute atomic E-state index is 12.9. The Kier molecular flexibility index (Phi) is 4.62. The highest BCUT2D eigenvalue weighted by atomic mass is 32.2. The number of carbonyl (C=O) groups is 2. The standard InChI is InChI=1S/C17H17N3O5S2/c21-16-10-25-15-2-1-13(9-14(15)18-16)27(23,24)20-6-4-19(5-7-20)17(22)12-3-8-26-11-12/h1-3,8-9,11H,4-7,10H2,(H,18,21). The zero-order chi connectivity index (χ0) is 19.0. The first-order chi connectivity index (χ1) is 12.9. The molecule has 2 aromatic rings. The van der Waals surface area contributed by atoms with Crippen molar-refractivity contribution in [3.05, 3.63) is 40.6 Å². The van der Waals surface area contributed by atoms with Crippen molar-refractivity contribution in [2.24, 2.45) is 0 Å². The topological polar surface area (TPSA) is 96.0 Å². The second-order valence-electron chi connectivity index (χ2n) is 6.20. The molecule has 10 heteroatoms. The van der Waals surface area contributed by atoms with Crippen molar-refractivity contribution < 1.29 is 22.7 Å². The lowest BCUT2D eigenvalue weighted by atomic mass is 10.2.